The van der Waals surface area contributed by atoms with E-state index >= 15 is 0 Å². The maximum atomic E-state index is 12.4. The van der Waals surface area contributed by atoms with Crippen LogP contribution in [0.1, 0.15) is 6.92 Å². The Hall–Kier alpha value is -3.61. The molecule has 1 aliphatic rings. The zero-order valence-electron chi connectivity index (χ0n) is 16.9. The highest BCUT2D eigenvalue weighted by molar-refractivity contribution is 5.93. The fourth-order valence-electron chi connectivity index (χ4n) is 3.35. The number of hydrogen-bond donors (Lipinski definition) is 1. The Balaban J connectivity index is 1.29. The summed E-state index contributed by atoms with van der Waals surface area (Å²) in [6, 6.07) is 19.7. The smallest absolute Gasteiger partial charge is 0.265 e. The van der Waals surface area contributed by atoms with Crippen molar-refractivity contribution in [2.24, 2.45) is 0 Å². The topological polar surface area (TPSA) is 70.6 Å². The summed E-state index contributed by atoms with van der Waals surface area (Å²) in [7, 11) is 0. The van der Waals surface area contributed by atoms with Crippen molar-refractivity contribution in [2.45, 2.75) is 13.0 Å². The van der Waals surface area contributed by atoms with Crippen LogP contribution >= 0.6 is 0 Å². The Morgan fingerprint density at radius 1 is 0.900 bits per heavy atom. The molecule has 30 heavy (non-hydrogen) atoms. The highest BCUT2D eigenvalue weighted by Gasteiger charge is 2.20. The molecular weight excluding hydrogens is 378 g/mol. The van der Waals surface area contributed by atoms with Gasteiger partial charge in [0.25, 0.3) is 5.91 Å². The predicted molar refractivity (Wildman–Crippen MR) is 118 cm³/mol. The number of amides is 1. The van der Waals surface area contributed by atoms with Crippen LogP contribution in [0.3, 0.4) is 0 Å². The minimum Gasteiger partial charge on any atom is -0.481 e. The zero-order valence-corrected chi connectivity index (χ0v) is 16.9. The molecule has 0 spiro atoms. The molecule has 1 saturated heterocycles. The van der Waals surface area contributed by atoms with Gasteiger partial charge in [-0.1, -0.05) is 36.4 Å². The first-order valence-electron chi connectivity index (χ1n) is 10.1. The van der Waals surface area contributed by atoms with Gasteiger partial charge in [-0.15, -0.1) is 0 Å². The van der Waals surface area contributed by atoms with Gasteiger partial charge in [0.05, 0.1) is 18.1 Å². The summed E-state index contributed by atoms with van der Waals surface area (Å²) < 4.78 is 5.65. The van der Waals surface area contributed by atoms with Crippen LogP contribution in [0.2, 0.25) is 0 Å². The van der Waals surface area contributed by atoms with Crippen LogP contribution in [0.15, 0.2) is 73.1 Å². The van der Waals surface area contributed by atoms with Crippen molar-refractivity contribution in [3.63, 3.8) is 0 Å². The maximum Gasteiger partial charge on any atom is 0.265 e. The van der Waals surface area contributed by atoms with Gasteiger partial charge in [-0.3, -0.25) is 4.79 Å². The molecule has 1 N–H and O–H groups in total. The number of piperazine rings is 1. The van der Waals surface area contributed by atoms with Gasteiger partial charge < -0.3 is 19.9 Å². The van der Waals surface area contributed by atoms with Gasteiger partial charge in [-0.2, -0.15) is 0 Å². The van der Waals surface area contributed by atoms with Crippen molar-refractivity contribution < 1.29 is 9.53 Å². The Labute approximate surface area is 176 Å². The first-order valence-corrected chi connectivity index (χ1v) is 10.1. The molecule has 7 nitrogen and oxygen atoms in total. The largest absolute Gasteiger partial charge is 0.481 e. The third-order valence-electron chi connectivity index (χ3n) is 5.01. The summed E-state index contributed by atoms with van der Waals surface area (Å²) in [5.41, 5.74) is 1.79. The molecule has 1 aliphatic heterocycles. The molecule has 0 radical (unpaired) electrons. The molecule has 7 heteroatoms. The SMILES string of the molecule is CC(Oc1ccccc1)C(=O)Nc1cnc(N2CCN(c3ccccc3)CC2)nc1. The van der Waals surface area contributed by atoms with Crippen molar-refractivity contribution in [1.82, 2.24) is 9.97 Å². The predicted octanol–water partition coefficient (Wildman–Crippen LogP) is 3.21. The average Bonchev–Trinajstić information content (AvgIpc) is 2.81. The monoisotopic (exact) mass is 403 g/mol. The molecular formula is C23H25N5O2. The second kappa shape index (κ2) is 9.26. The minimum absolute atomic E-state index is 0.244. The third-order valence-corrected chi connectivity index (χ3v) is 5.01. The first-order chi connectivity index (χ1) is 14.7. The van der Waals surface area contributed by atoms with Crippen LogP contribution in [-0.4, -0.2) is 48.2 Å². The molecule has 0 saturated carbocycles. The molecule has 1 unspecified atom stereocenters. The summed E-state index contributed by atoms with van der Waals surface area (Å²) in [4.78, 5) is 25.8. The minimum atomic E-state index is -0.627. The molecule has 1 aromatic heterocycles. The molecule has 154 valence electrons. The van der Waals surface area contributed by atoms with Gasteiger partial charge in [0.15, 0.2) is 6.10 Å². The Bertz CT molecular complexity index is 942. The van der Waals surface area contributed by atoms with E-state index in [0.717, 1.165) is 26.2 Å². The molecule has 4 rings (SSSR count). The number of para-hydroxylation sites is 2. The van der Waals surface area contributed by atoms with E-state index in [1.807, 2.05) is 36.4 Å². The number of rotatable bonds is 6. The van der Waals surface area contributed by atoms with Crippen molar-refractivity contribution in [3.8, 4) is 5.75 Å². The lowest BCUT2D eigenvalue weighted by Gasteiger charge is -2.36. The number of hydrogen-bond acceptors (Lipinski definition) is 6. The molecule has 1 fully saturated rings. The van der Waals surface area contributed by atoms with E-state index < -0.39 is 6.10 Å². The number of nitrogens with zero attached hydrogens (tertiary/aromatic N) is 4. The average molecular weight is 403 g/mol. The molecule has 2 aromatic carbocycles. The first kappa shape index (κ1) is 19.7. The summed E-state index contributed by atoms with van der Waals surface area (Å²) in [6.07, 6.45) is 2.65. The van der Waals surface area contributed by atoms with Gasteiger partial charge in [-0.05, 0) is 31.2 Å². The molecule has 1 amide bonds. The van der Waals surface area contributed by atoms with E-state index in [1.165, 1.54) is 5.69 Å². The van der Waals surface area contributed by atoms with Crippen LogP contribution in [0.25, 0.3) is 0 Å². The number of nitrogens with one attached hydrogen (secondary N) is 1. The molecule has 0 bridgehead atoms. The standard InChI is InChI=1S/C23H25N5O2/c1-18(30-21-10-6-3-7-11-21)22(29)26-19-16-24-23(25-17-19)28-14-12-27(13-15-28)20-8-4-2-5-9-20/h2-11,16-18H,12-15H2,1H3,(H,26,29). The van der Waals surface area contributed by atoms with Gasteiger partial charge in [0.2, 0.25) is 5.95 Å². The van der Waals surface area contributed by atoms with Crippen molar-refractivity contribution in [2.75, 3.05) is 41.3 Å². The van der Waals surface area contributed by atoms with Gasteiger partial charge in [-0.25, -0.2) is 9.97 Å². The highest BCUT2D eigenvalue weighted by atomic mass is 16.5. The highest BCUT2D eigenvalue weighted by Crippen LogP contribution is 2.18. The quantitative estimate of drug-likeness (QED) is 0.682. The van der Waals surface area contributed by atoms with Crippen LogP contribution in [0, 0.1) is 0 Å². The van der Waals surface area contributed by atoms with Crippen molar-refractivity contribution in [1.29, 1.82) is 0 Å². The number of benzene rings is 2. The van der Waals surface area contributed by atoms with E-state index in [1.54, 1.807) is 19.3 Å². The van der Waals surface area contributed by atoms with E-state index in [-0.39, 0.29) is 5.91 Å². The lowest BCUT2D eigenvalue weighted by Crippen LogP contribution is -2.47. The fourth-order valence-corrected chi connectivity index (χ4v) is 3.35. The summed E-state index contributed by atoms with van der Waals surface area (Å²) in [6.45, 7) is 5.25. The van der Waals surface area contributed by atoms with Gasteiger partial charge >= 0.3 is 0 Å². The maximum absolute atomic E-state index is 12.4. The lowest BCUT2D eigenvalue weighted by atomic mass is 10.2. The van der Waals surface area contributed by atoms with E-state index in [2.05, 4.69) is 49.4 Å². The lowest BCUT2D eigenvalue weighted by molar-refractivity contribution is -0.122. The van der Waals surface area contributed by atoms with Crippen molar-refractivity contribution >= 4 is 23.2 Å². The Kier molecular flexibility index (Phi) is 6.08. The number of carbonyl (C=O) groups is 1. The number of ether oxygens (including phenoxy) is 1. The number of aromatic nitrogens is 2. The number of carbonyl (C=O) groups excluding carboxylic acids is 1. The molecule has 3 aromatic rings. The van der Waals surface area contributed by atoms with Crippen LogP contribution in [0.4, 0.5) is 17.3 Å². The van der Waals surface area contributed by atoms with Crippen LogP contribution < -0.4 is 19.9 Å². The zero-order chi connectivity index (χ0) is 20.8. The second-order valence-corrected chi connectivity index (χ2v) is 7.14. The molecule has 2 heterocycles. The van der Waals surface area contributed by atoms with E-state index in [0.29, 0.717) is 17.4 Å². The molecule has 1 atom stereocenters. The molecule has 0 aliphatic carbocycles. The van der Waals surface area contributed by atoms with E-state index in [9.17, 15) is 4.79 Å². The summed E-state index contributed by atoms with van der Waals surface area (Å²) in [5.74, 6) is 1.09. The van der Waals surface area contributed by atoms with Gasteiger partial charge in [0, 0.05) is 31.9 Å². The van der Waals surface area contributed by atoms with Crippen LogP contribution in [-0.2, 0) is 4.79 Å². The normalized spacial score (nSPS) is 14.8. The third kappa shape index (κ3) is 4.86. The van der Waals surface area contributed by atoms with E-state index in [4.69, 9.17) is 4.74 Å². The van der Waals surface area contributed by atoms with Crippen molar-refractivity contribution in [3.05, 3.63) is 73.1 Å². The Morgan fingerprint density at radius 2 is 1.47 bits per heavy atom. The number of anilines is 3. The fraction of sp³-hybridized carbons (Fsp3) is 0.261. The second-order valence-electron chi connectivity index (χ2n) is 7.14. The summed E-state index contributed by atoms with van der Waals surface area (Å²) in [5, 5.41) is 2.80. The van der Waals surface area contributed by atoms with Gasteiger partial charge in [0.1, 0.15) is 5.75 Å². The summed E-state index contributed by atoms with van der Waals surface area (Å²) >= 11 is 0. The van der Waals surface area contributed by atoms with Crippen LogP contribution in [0.5, 0.6) is 5.75 Å². The Morgan fingerprint density at radius 3 is 2.10 bits per heavy atom.